The molecule has 1 aliphatic carbocycles. The quantitative estimate of drug-likeness (QED) is 0.682. The van der Waals surface area contributed by atoms with Crippen LogP contribution in [0, 0.1) is 0 Å². The van der Waals surface area contributed by atoms with Gasteiger partial charge in [0.15, 0.2) is 0 Å². The van der Waals surface area contributed by atoms with Gasteiger partial charge in [-0.15, -0.1) is 0 Å². The molecule has 2 N–H and O–H groups in total. The van der Waals surface area contributed by atoms with Crippen molar-refractivity contribution in [3.63, 3.8) is 0 Å². The predicted molar refractivity (Wildman–Crippen MR) is 48.7 cm³/mol. The van der Waals surface area contributed by atoms with Crippen LogP contribution in [0.5, 0.6) is 0 Å². The van der Waals surface area contributed by atoms with Gasteiger partial charge in [-0.05, 0) is 18.9 Å². The lowest BCUT2D eigenvalue weighted by molar-refractivity contribution is 1.03. The van der Waals surface area contributed by atoms with E-state index in [4.69, 9.17) is 0 Å². The van der Waals surface area contributed by atoms with E-state index in [0.717, 1.165) is 16.7 Å². The summed E-state index contributed by atoms with van der Waals surface area (Å²) in [7, 11) is 0. The number of aromatic nitrogens is 3. The minimum Gasteiger partial charge on any atom is -0.306 e. The Morgan fingerprint density at radius 3 is 2.85 bits per heavy atom. The topological polar surface area (TPSA) is 61.5 Å². The number of aromatic amines is 2. The maximum absolute atomic E-state index is 10.9. The highest BCUT2D eigenvalue weighted by atomic mass is 16.1. The van der Waals surface area contributed by atoms with E-state index in [1.807, 2.05) is 6.07 Å². The Kier molecular flexibility index (Phi) is 1.17. The first-order chi connectivity index (χ1) is 6.33. The molecule has 2 heterocycles. The fourth-order valence-electron chi connectivity index (χ4n) is 1.55. The molecule has 0 radical (unpaired) electrons. The average molecular weight is 175 g/mol. The number of hydrogen-bond donors (Lipinski definition) is 2. The molecule has 4 heteroatoms. The normalized spacial score (nSPS) is 16.6. The van der Waals surface area contributed by atoms with Crippen molar-refractivity contribution in [2.75, 3.05) is 0 Å². The Hall–Kier alpha value is -1.58. The minimum absolute atomic E-state index is 0.162. The van der Waals surface area contributed by atoms with Crippen LogP contribution in [0.15, 0.2) is 17.1 Å². The van der Waals surface area contributed by atoms with E-state index in [9.17, 15) is 4.79 Å². The molecule has 0 saturated heterocycles. The van der Waals surface area contributed by atoms with Gasteiger partial charge in [-0.2, -0.15) is 0 Å². The molecule has 1 aliphatic rings. The summed E-state index contributed by atoms with van der Waals surface area (Å²) in [4.78, 5) is 20.6. The van der Waals surface area contributed by atoms with E-state index in [0.29, 0.717) is 5.92 Å². The summed E-state index contributed by atoms with van der Waals surface area (Å²) in [6.07, 6.45) is 4.18. The second kappa shape index (κ2) is 2.22. The summed E-state index contributed by atoms with van der Waals surface area (Å²) in [6, 6.07) is 1.96. The standard InChI is InChI=1S/C9H9N3O/c13-9-11-7-3-6(5-1-2-5)10-4-8(7)12-9/h3-5H,1-2H2,(H2,11,12,13). The van der Waals surface area contributed by atoms with E-state index in [-0.39, 0.29) is 5.69 Å². The first-order valence-corrected chi connectivity index (χ1v) is 4.41. The number of hydrogen-bond acceptors (Lipinski definition) is 2. The van der Waals surface area contributed by atoms with Gasteiger partial charge in [0.25, 0.3) is 0 Å². The van der Waals surface area contributed by atoms with Crippen LogP contribution in [0.4, 0.5) is 0 Å². The zero-order chi connectivity index (χ0) is 8.84. The molecule has 0 aliphatic heterocycles. The van der Waals surface area contributed by atoms with Crippen LogP contribution in [-0.4, -0.2) is 15.0 Å². The third-order valence-corrected chi connectivity index (χ3v) is 2.42. The fraction of sp³-hybridized carbons (Fsp3) is 0.333. The highest BCUT2D eigenvalue weighted by molar-refractivity contribution is 5.73. The van der Waals surface area contributed by atoms with Gasteiger partial charge in [0.05, 0.1) is 17.2 Å². The van der Waals surface area contributed by atoms with Crippen molar-refractivity contribution in [2.24, 2.45) is 0 Å². The van der Waals surface area contributed by atoms with Gasteiger partial charge in [-0.3, -0.25) is 4.98 Å². The van der Waals surface area contributed by atoms with E-state index in [1.54, 1.807) is 6.20 Å². The Balaban J connectivity index is 2.25. The van der Waals surface area contributed by atoms with Crippen molar-refractivity contribution < 1.29 is 0 Å². The maximum atomic E-state index is 10.9. The summed E-state index contributed by atoms with van der Waals surface area (Å²) >= 11 is 0. The summed E-state index contributed by atoms with van der Waals surface area (Å²) in [5.41, 5.74) is 2.59. The lowest BCUT2D eigenvalue weighted by atomic mass is 10.2. The highest BCUT2D eigenvalue weighted by Gasteiger charge is 2.25. The average Bonchev–Trinajstić information content (AvgIpc) is 2.87. The van der Waals surface area contributed by atoms with Crippen LogP contribution in [0.1, 0.15) is 24.5 Å². The molecule has 0 amide bonds. The molecule has 0 bridgehead atoms. The molecule has 2 aromatic rings. The molecule has 3 rings (SSSR count). The minimum atomic E-state index is -0.162. The molecule has 0 spiro atoms. The Bertz CT molecular complexity index is 507. The van der Waals surface area contributed by atoms with Crippen molar-refractivity contribution >= 4 is 11.0 Å². The molecule has 1 fully saturated rings. The van der Waals surface area contributed by atoms with Crippen LogP contribution >= 0.6 is 0 Å². The maximum Gasteiger partial charge on any atom is 0.323 e. The van der Waals surface area contributed by atoms with Crippen LogP contribution in [0.2, 0.25) is 0 Å². The van der Waals surface area contributed by atoms with Crippen molar-refractivity contribution in [1.29, 1.82) is 0 Å². The molecule has 2 aromatic heterocycles. The van der Waals surface area contributed by atoms with Crippen LogP contribution < -0.4 is 5.69 Å². The van der Waals surface area contributed by atoms with Gasteiger partial charge in [0, 0.05) is 11.6 Å². The lowest BCUT2D eigenvalue weighted by Gasteiger charge is -1.94. The summed E-state index contributed by atoms with van der Waals surface area (Å²) in [5, 5.41) is 0. The summed E-state index contributed by atoms with van der Waals surface area (Å²) in [6.45, 7) is 0. The number of imidazole rings is 1. The summed E-state index contributed by atoms with van der Waals surface area (Å²) in [5.74, 6) is 0.628. The molecule has 0 atom stereocenters. The molecule has 13 heavy (non-hydrogen) atoms. The first-order valence-electron chi connectivity index (χ1n) is 4.41. The van der Waals surface area contributed by atoms with E-state index in [2.05, 4.69) is 15.0 Å². The van der Waals surface area contributed by atoms with Gasteiger partial charge >= 0.3 is 5.69 Å². The van der Waals surface area contributed by atoms with Gasteiger partial charge < -0.3 is 9.97 Å². The fourth-order valence-corrected chi connectivity index (χ4v) is 1.55. The second-order valence-electron chi connectivity index (χ2n) is 3.51. The summed E-state index contributed by atoms with van der Waals surface area (Å²) < 4.78 is 0. The van der Waals surface area contributed by atoms with Crippen LogP contribution in [0.3, 0.4) is 0 Å². The number of nitrogens with zero attached hydrogens (tertiary/aromatic N) is 1. The molecule has 4 nitrogen and oxygen atoms in total. The molecular formula is C9H9N3O. The van der Waals surface area contributed by atoms with E-state index >= 15 is 0 Å². The molecule has 0 aromatic carbocycles. The third kappa shape index (κ3) is 1.06. The van der Waals surface area contributed by atoms with Crippen LogP contribution in [0.25, 0.3) is 11.0 Å². The third-order valence-electron chi connectivity index (χ3n) is 2.42. The number of rotatable bonds is 1. The van der Waals surface area contributed by atoms with E-state index < -0.39 is 0 Å². The SMILES string of the molecule is O=c1[nH]c2cnc(C3CC3)cc2[nH]1. The van der Waals surface area contributed by atoms with Gasteiger partial charge in [0.1, 0.15) is 0 Å². The van der Waals surface area contributed by atoms with Crippen LogP contribution in [-0.2, 0) is 0 Å². The van der Waals surface area contributed by atoms with Gasteiger partial charge in [-0.1, -0.05) is 0 Å². The van der Waals surface area contributed by atoms with Crippen molar-refractivity contribution in [1.82, 2.24) is 15.0 Å². The molecule has 1 saturated carbocycles. The Morgan fingerprint density at radius 1 is 1.31 bits per heavy atom. The zero-order valence-corrected chi connectivity index (χ0v) is 7.00. The Morgan fingerprint density at radius 2 is 2.08 bits per heavy atom. The smallest absolute Gasteiger partial charge is 0.306 e. The monoisotopic (exact) mass is 175 g/mol. The number of pyridine rings is 1. The zero-order valence-electron chi connectivity index (χ0n) is 7.00. The van der Waals surface area contributed by atoms with Gasteiger partial charge in [-0.25, -0.2) is 4.79 Å². The second-order valence-corrected chi connectivity index (χ2v) is 3.51. The largest absolute Gasteiger partial charge is 0.323 e. The Labute approximate surface area is 74.0 Å². The molecule has 66 valence electrons. The molecular weight excluding hydrogens is 166 g/mol. The molecule has 0 unspecified atom stereocenters. The van der Waals surface area contributed by atoms with E-state index in [1.165, 1.54) is 12.8 Å². The number of H-pyrrole nitrogens is 2. The van der Waals surface area contributed by atoms with Gasteiger partial charge in [0.2, 0.25) is 0 Å². The first kappa shape index (κ1) is 6.88. The lowest BCUT2D eigenvalue weighted by Crippen LogP contribution is -1.99. The van der Waals surface area contributed by atoms with Crippen molar-refractivity contribution in [2.45, 2.75) is 18.8 Å². The highest BCUT2D eigenvalue weighted by Crippen LogP contribution is 2.39. The number of fused-ring (bicyclic) bond motifs is 1. The van der Waals surface area contributed by atoms with Crippen molar-refractivity contribution in [3.8, 4) is 0 Å². The van der Waals surface area contributed by atoms with Crippen molar-refractivity contribution in [3.05, 3.63) is 28.4 Å². The number of nitrogens with one attached hydrogen (secondary N) is 2. The predicted octanol–water partition coefficient (Wildman–Crippen LogP) is 1.13.